The van der Waals surface area contributed by atoms with Crippen molar-refractivity contribution in [2.45, 2.75) is 64.6 Å². The van der Waals surface area contributed by atoms with Crippen LogP contribution in [0.1, 0.15) is 60.5 Å². The number of carbonyl (C=O) groups excluding carboxylic acids is 4. The second-order valence-corrected chi connectivity index (χ2v) is 11.1. The molecule has 0 aliphatic heterocycles. The first-order chi connectivity index (χ1) is 18.7. The van der Waals surface area contributed by atoms with Gasteiger partial charge in [0.2, 0.25) is 11.8 Å². The molecule has 204 valence electrons. The molecule has 2 aliphatic rings. The Hall–Kier alpha value is -3.52. The van der Waals surface area contributed by atoms with Gasteiger partial charge in [0.1, 0.15) is 18.1 Å². The van der Waals surface area contributed by atoms with Crippen molar-refractivity contribution >= 4 is 45.9 Å². The molecule has 0 atom stereocenters. The lowest BCUT2D eigenvalue weighted by atomic mass is 10.0. The fourth-order valence-electron chi connectivity index (χ4n) is 4.94. The average Bonchev–Trinajstić information content (AvgIpc) is 3.83. The molecule has 2 aromatic carbocycles. The Morgan fingerprint density at radius 3 is 2.56 bits per heavy atom. The zero-order valence-corrected chi connectivity index (χ0v) is 22.6. The molecule has 0 radical (unpaired) electrons. The fourth-order valence-corrected chi connectivity index (χ4v) is 5.14. The second-order valence-electron chi connectivity index (χ2n) is 10.7. The number of hydrogen-bond donors (Lipinski definition) is 1. The lowest BCUT2D eigenvalue weighted by Crippen LogP contribution is -2.43. The number of nitrogens with one attached hydrogen (secondary N) is 1. The summed E-state index contributed by atoms with van der Waals surface area (Å²) in [6.45, 7) is 1.28. The third-order valence-electron chi connectivity index (χ3n) is 7.37. The van der Waals surface area contributed by atoms with E-state index in [-0.39, 0.29) is 53.7 Å². The Kier molecular flexibility index (Phi) is 7.84. The maximum absolute atomic E-state index is 14.2. The Morgan fingerprint density at radius 1 is 1.10 bits per heavy atom. The molecule has 2 aliphatic carbocycles. The van der Waals surface area contributed by atoms with Gasteiger partial charge in [0, 0.05) is 53.7 Å². The highest BCUT2D eigenvalue weighted by Gasteiger charge is 2.34. The zero-order valence-electron chi connectivity index (χ0n) is 21.8. The van der Waals surface area contributed by atoms with Gasteiger partial charge in [-0.2, -0.15) is 0 Å². The van der Waals surface area contributed by atoms with Gasteiger partial charge in [-0.3, -0.25) is 19.2 Å². The van der Waals surface area contributed by atoms with Crippen LogP contribution in [-0.2, 0) is 33.9 Å². The molecular formula is C30H31ClFN3O4. The first-order valence-corrected chi connectivity index (χ1v) is 13.7. The van der Waals surface area contributed by atoms with E-state index in [1.807, 2.05) is 18.2 Å². The summed E-state index contributed by atoms with van der Waals surface area (Å²) in [5.41, 5.74) is 2.34. The van der Waals surface area contributed by atoms with E-state index in [9.17, 15) is 23.6 Å². The predicted octanol–water partition coefficient (Wildman–Crippen LogP) is 4.86. The molecule has 0 unspecified atom stereocenters. The summed E-state index contributed by atoms with van der Waals surface area (Å²) in [6.07, 6.45) is 6.47. The highest BCUT2D eigenvalue weighted by Crippen LogP contribution is 2.33. The fraction of sp³-hybridized carbons (Fsp3) is 0.400. The normalized spacial score (nSPS) is 14.8. The van der Waals surface area contributed by atoms with Gasteiger partial charge in [-0.25, -0.2) is 4.39 Å². The van der Waals surface area contributed by atoms with Crippen molar-refractivity contribution in [1.82, 2.24) is 14.8 Å². The second kappa shape index (κ2) is 11.3. The maximum Gasteiger partial charge on any atom is 0.243 e. The molecule has 2 amide bonds. The number of halogens is 2. The summed E-state index contributed by atoms with van der Waals surface area (Å²) in [7, 11) is 0. The number of Topliss-reactive ketones (excluding diaryl/α,β-unsaturated/α-hetero) is 2. The minimum absolute atomic E-state index is 0.0163. The highest BCUT2D eigenvalue weighted by atomic mass is 35.5. The minimum atomic E-state index is -0.578. The number of benzene rings is 2. The molecule has 9 heteroatoms. The smallest absolute Gasteiger partial charge is 0.243 e. The van der Waals surface area contributed by atoms with Gasteiger partial charge in [0.15, 0.2) is 5.78 Å². The molecule has 2 saturated carbocycles. The summed E-state index contributed by atoms with van der Waals surface area (Å²) in [5.74, 6) is -0.609. The van der Waals surface area contributed by atoms with Crippen molar-refractivity contribution in [2.75, 3.05) is 6.54 Å². The van der Waals surface area contributed by atoms with Gasteiger partial charge in [0.25, 0.3) is 0 Å². The van der Waals surface area contributed by atoms with Gasteiger partial charge in [0.05, 0.1) is 11.6 Å². The summed E-state index contributed by atoms with van der Waals surface area (Å²) in [6, 6.07) is 10.2. The number of nitrogens with zero attached hydrogens (tertiary/aromatic N) is 2. The summed E-state index contributed by atoms with van der Waals surface area (Å²) in [4.78, 5) is 52.4. The Bertz CT molecular complexity index is 1460. The zero-order chi connectivity index (χ0) is 27.7. The van der Waals surface area contributed by atoms with E-state index in [1.165, 1.54) is 13.0 Å². The molecule has 1 N–H and O–H groups in total. The van der Waals surface area contributed by atoms with Crippen molar-refractivity contribution in [2.24, 2.45) is 5.92 Å². The van der Waals surface area contributed by atoms with Crippen LogP contribution in [0.5, 0.6) is 0 Å². The van der Waals surface area contributed by atoms with Gasteiger partial charge in [-0.05, 0) is 62.3 Å². The molecule has 3 aromatic rings. The Morgan fingerprint density at radius 2 is 1.87 bits per heavy atom. The standard InChI is InChI=1S/C30H31ClFN3O4/c1-18(36)25-15-34(27-10-7-20(13-24(25)27)12-23(37)11-19-5-6-19)17-29(39)35(22-8-9-22)16-28(38)33-14-21-3-2-4-26(31)30(21)32/h2-4,7,10,13,15,19,22H,5-6,8-9,11-12,14,16-17H2,1H3,(H,33,38). The number of rotatable bonds is 12. The lowest BCUT2D eigenvalue weighted by molar-refractivity contribution is -0.137. The first-order valence-electron chi connectivity index (χ1n) is 13.3. The van der Waals surface area contributed by atoms with Crippen molar-refractivity contribution in [3.8, 4) is 0 Å². The van der Waals surface area contributed by atoms with Gasteiger partial charge in [-0.1, -0.05) is 29.8 Å². The van der Waals surface area contributed by atoms with Gasteiger partial charge >= 0.3 is 0 Å². The molecule has 2 fully saturated rings. The van der Waals surface area contributed by atoms with E-state index in [2.05, 4.69) is 5.32 Å². The minimum Gasteiger partial charge on any atom is -0.350 e. The number of aromatic nitrogens is 1. The lowest BCUT2D eigenvalue weighted by Gasteiger charge is -2.22. The monoisotopic (exact) mass is 551 g/mol. The first kappa shape index (κ1) is 27.1. The average molecular weight is 552 g/mol. The summed E-state index contributed by atoms with van der Waals surface area (Å²) in [5, 5.41) is 3.37. The molecule has 0 bridgehead atoms. The number of amides is 2. The predicted molar refractivity (Wildman–Crippen MR) is 146 cm³/mol. The van der Waals surface area contributed by atoms with Crippen molar-refractivity contribution < 1.29 is 23.6 Å². The van der Waals surface area contributed by atoms with Crippen LogP contribution in [0.25, 0.3) is 10.9 Å². The highest BCUT2D eigenvalue weighted by molar-refractivity contribution is 6.30. The van der Waals surface area contributed by atoms with Crippen molar-refractivity contribution in [3.63, 3.8) is 0 Å². The van der Waals surface area contributed by atoms with Crippen LogP contribution in [0.15, 0.2) is 42.6 Å². The quantitative estimate of drug-likeness (QED) is 0.326. The molecular weight excluding hydrogens is 521 g/mol. The Labute approximate surface area is 231 Å². The topological polar surface area (TPSA) is 88.5 Å². The van der Waals surface area contributed by atoms with E-state index < -0.39 is 11.7 Å². The van der Waals surface area contributed by atoms with Crippen molar-refractivity contribution in [3.05, 3.63) is 70.1 Å². The van der Waals surface area contributed by atoms with Crippen LogP contribution in [0, 0.1) is 11.7 Å². The third-order valence-corrected chi connectivity index (χ3v) is 7.67. The molecule has 39 heavy (non-hydrogen) atoms. The van der Waals surface area contributed by atoms with Crippen LogP contribution in [0.2, 0.25) is 5.02 Å². The van der Waals surface area contributed by atoms with Gasteiger partial charge < -0.3 is 14.8 Å². The van der Waals surface area contributed by atoms with Gasteiger partial charge in [-0.15, -0.1) is 0 Å². The number of hydrogen-bond acceptors (Lipinski definition) is 4. The number of fused-ring (bicyclic) bond motifs is 1. The molecule has 5 rings (SSSR count). The molecule has 1 aromatic heterocycles. The Balaban J connectivity index is 1.28. The molecule has 0 saturated heterocycles. The SMILES string of the molecule is CC(=O)c1cn(CC(=O)N(CC(=O)NCc2cccc(Cl)c2F)C2CC2)c2ccc(CC(=O)CC3CC3)cc12. The van der Waals surface area contributed by atoms with E-state index in [1.54, 1.807) is 27.8 Å². The maximum atomic E-state index is 14.2. The van der Waals surface area contributed by atoms with Crippen LogP contribution < -0.4 is 5.32 Å². The van der Waals surface area contributed by atoms with Crippen molar-refractivity contribution in [1.29, 1.82) is 0 Å². The summed E-state index contributed by atoms with van der Waals surface area (Å²) >= 11 is 5.82. The van der Waals surface area contributed by atoms with E-state index >= 15 is 0 Å². The van der Waals surface area contributed by atoms with E-state index in [4.69, 9.17) is 11.6 Å². The van der Waals surface area contributed by atoms with Crippen LogP contribution in [-0.4, -0.2) is 45.4 Å². The summed E-state index contributed by atoms with van der Waals surface area (Å²) < 4.78 is 15.9. The van der Waals surface area contributed by atoms with E-state index in [0.29, 0.717) is 29.7 Å². The largest absolute Gasteiger partial charge is 0.350 e. The van der Waals surface area contributed by atoms with Crippen LogP contribution in [0.3, 0.4) is 0 Å². The molecule has 0 spiro atoms. The number of ketones is 2. The van der Waals surface area contributed by atoms with E-state index in [0.717, 1.165) is 36.8 Å². The molecule has 7 nitrogen and oxygen atoms in total. The third kappa shape index (κ3) is 6.56. The van der Waals surface area contributed by atoms with Crippen LogP contribution >= 0.6 is 11.6 Å². The number of carbonyl (C=O) groups is 4. The molecule has 1 heterocycles. The van der Waals surface area contributed by atoms with Crippen LogP contribution in [0.4, 0.5) is 4.39 Å².